The van der Waals surface area contributed by atoms with Crippen LogP contribution in [0, 0.1) is 0 Å². The number of hydrogen-bond donors (Lipinski definition) is 1. The summed E-state index contributed by atoms with van der Waals surface area (Å²) in [6, 6.07) is 5.14. The minimum Gasteiger partial charge on any atom is -0.309 e. The van der Waals surface area contributed by atoms with E-state index in [1.54, 1.807) is 31.2 Å². The molecule has 1 aromatic carbocycles. The first-order valence-electron chi connectivity index (χ1n) is 4.59. The van der Waals surface area contributed by atoms with E-state index >= 15 is 0 Å². The second-order valence-corrected chi connectivity index (χ2v) is 4.17. The summed E-state index contributed by atoms with van der Waals surface area (Å²) < 4.78 is 0. The highest BCUT2D eigenvalue weighted by Crippen LogP contribution is 2.24. The topological polar surface area (TPSA) is 41.5 Å². The summed E-state index contributed by atoms with van der Waals surface area (Å²) in [5.74, 6) is 0.389. The Bertz CT molecular complexity index is 521. The van der Waals surface area contributed by atoms with E-state index in [2.05, 4.69) is 10.3 Å². The zero-order valence-electron chi connectivity index (χ0n) is 8.42. The molecule has 0 unspecified atom stereocenters. The van der Waals surface area contributed by atoms with Gasteiger partial charge in [-0.2, -0.15) is 0 Å². The lowest BCUT2D eigenvalue weighted by Crippen LogP contribution is -2.21. The van der Waals surface area contributed by atoms with Gasteiger partial charge in [-0.3, -0.25) is 4.79 Å². The number of nitrogens with zero attached hydrogens (tertiary/aromatic N) is 1. The molecule has 0 aliphatic carbocycles. The number of carbonyl (C=O) groups excluding carboxylic acids is 1. The lowest BCUT2D eigenvalue weighted by Gasteiger charge is -1.98. The molecule has 16 heavy (non-hydrogen) atoms. The van der Waals surface area contributed by atoms with Gasteiger partial charge in [-0.15, -0.1) is 0 Å². The third-order valence-electron chi connectivity index (χ3n) is 2.06. The van der Waals surface area contributed by atoms with Crippen molar-refractivity contribution in [3.63, 3.8) is 0 Å². The summed E-state index contributed by atoms with van der Waals surface area (Å²) in [7, 11) is 0. The lowest BCUT2D eigenvalue weighted by atomic mass is 10.2. The van der Waals surface area contributed by atoms with Crippen molar-refractivity contribution in [1.29, 1.82) is 0 Å². The Morgan fingerprint density at radius 1 is 1.31 bits per heavy atom. The van der Waals surface area contributed by atoms with Crippen molar-refractivity contribution in [2.45, 2.75) is 6.92 Å². The number of nitrogens with one attached hydrogen (secondary N) is 1. The summed E-state index contributed by atoms with van der Waals surface area (Å²) in [5.41, 5.74) is 1.16. The molecule has 1 aliphatic heterocycles. The molecule has 3 nitrogen and oxygen atoms in total. The van der Waals surface area contributed by atoms with Crippen LogP contribution in [0.5, 0.6) is 0 Å². The van der Waals surface area contributed by atoms with Gasteiger partial charge in [0, 0.05) is 0 Å². The van der Waals surface area contributed by atoms with Crippen molar-refractivity contribution in [1.82, 2.24) is 5.32 Å². The molecule has 0 saturated heterocycles. The summed E-state index contributed by atoms with van der Waals surface area (Å²) in [6.07, 6.45) is 1.66. The normalized spacial score (nSPS) is 17.6. The minimum absolute atomic E-state index is 0.205. The van der Waals surface area contributed by atoms with E-state index in [1.807, 2.05) is 0 Å². The number of amides is 1. The van der Waals surface area contributed by atoms with E-state index in [1.165, 1.54) is 0 Å². The van der Waals surface area contributed by atoms with Gasteiger partial charge in [0.25, 0.3) is 5.91 Å². The van der Waals surface area contributed by atoms with Gasteiger partial charge in [-0.05, 0) is 30.7 Å². The quantitative estimate of drug-likeness (QED) is 0.770. The standard InChI is InChI=1S/C11H8Cl2N2O/c1-6-14-10(11(16)15-6)5-7-2-3-8(12)9(13)4-7/h2-5H,1H3,(H,14,15,16)/b10-5+. The predicted molar refractivity (Wildman–Crippen MR) is 65.7 cm³/mol. The molecule has 1 N–H and O–H groups in total. The number of rotatable bonds is 1. The molecule has 0 radical (unpaired) electrons. The van der Waals surface area contributed by atoms with Gasteiger partial charge in [-0.25, -0.2) is 4.99 Å². The lowest BCUT2D eigenvalue weighted by molar-refractivity contribution is -0.115. The number of aliphatic imine (C=N–C) groups is 1. The van der Waals surface area contributed by atoms with Crippen LogP contribution < -0.4 is 5.32 Å². The zero-order chi connectivity index (χ0) is 11.7. The molecule has 0 bridgehead atoms. The Labute approximate surface area is 103 Å². The van der Waals surface area contributed by atoms with Crippen molar-refractivity contribution >= 4 is 41.0 Å². The van der Waals surface area contributed by atoms with E-state index in [9.17, 15) is 4.79 Å². The maximum Gasteiger partial charge on any atom is 0.275 e. The Balaban J connectivity index is 2.36. The number of benzene rings is 1. The Morgan fingerprint density at radius 3 is 2.62 bits per heavy atom. The molecule has 1 aliphatic rings. The maximum absolute atomic E-state index is 11.4. The first-order chi connectivity index (χ1) is 7.56. The second kappa shape index (κ2) is 4.28. The molecule has 0 saturated carbocycles. The Hall–Kier alpha value is -1.32. The Morgan fingerprint density at radius 2 is 2.06 bits per heavy atom. The van der Waals surface area contributed by atoms with Gasteiger partial charge in [0.15, 0.2) is 0 Å². The van der Waals surface area contributed by atoms with Crippen LogP contribution in [0.1, 0.15) is 12.5 Å². The molecule has 0 fully saturated rings. The van der Waals surface area contributed by atoms with Gasteiger partial charge in [-0.1, -0.05) is 29.3 Å². The third-order valence-corrected chi connectivity index (χ3v) is 2.80. The highest BCUT2D eigenvalue weighted by Gasteiger charge is 2.16. The van der Waals surface area contributed by atoms with Gasteiger partial charge in [0.05, 0.1) is 10.0 Å². The van der Waals surface area contributed by atoms with Crippen molar-refractivity contribution in [2.24, 2.45) is 4.99 Å². The van der Waals surface area contributed by atoms with E-state index in [0.717, 1.165) is 5.56 Å². The van der Waals surface area contributed by atoms with E-state index in [4.69, 9.17) is 23.2 Å². The molecule has 0 atom stereocenters. The molecular weight excluding hydrogens is 247 g/mol. The van der Waals surface area contributed by atoms with Crippen LogP contribution >= 0.6 is 23.2 Å². The summed E-state index contributed by atoms with van der Waals surface area (Å²) >= 11 is 11.7. The van der Waals surface area contributed by atoms with Crippen molar-refractivity contribution < 1.29 is 4.79 Å². The second-order valence-electron chi connectivity index (χ2n) is 3.35. The number of hydrogen-bond acceptors (Lipinski definition) is 2. The fourth-order valence-electron chi connectivity index (χ4n) is 1.35. The molecule has 5 heteroatoms. The molecule has 1 heterocycles. The fraction of sp³-hybridized carbons (Fsp3) is 0.0909. The van der Waals surface area contributed by atoms with Crippen molar-refractivity contribution in [3.8, 4) is 0 Å². The monoisotopic (exact) mass is 254 g/mol. The van der Waals surface area contributed by atoms with E-state index < -0.39 is 0 Å². The maximum atomic E-state index is 11.4. The Kier molecular flexibility index (Phi) is 2.99. The van der Waals surface area contributed by atoms with Gasteiger partial charge in [0.2, 0.25) is 0 Å². The third kappa shape index (κ3) is 2.26. The van der Waals surface area contributed by atoms with E-state index in [0.29, 0.717) is 21.6 Å². The zero-order valence-corrected chi connectivity index (χ0v) is 9.93. The first-order valence-corrected chi connectivity index (χ1v) is 5.35. The fourth-order valence-corrected chi connectivity index (χ4v) is 1.65. The molecule has 0 aromatic heterocycles. The molecule has 1 amide bonds. The minimum atomic E-state index is -0.205. The van der Waals surface area contributed by atoms with Gasteiger partial charge in [0.1, 0.15) is 11.5 Å². The molecule has 1 aromatic rings. The van der Waals surface area contributed by atoms with Gasteiger partial charge < -0.3 is 5.32 Å². The van der Waals surface area contributed by atoms with Crippen LogP contribution in [0.25, 0.3) is 6.08 Å². The van der Waals surface area contributed by atoms with Crippen LogP contribution in [0.3, 0.4) is 0 Å². The predicted octanol–water partition coefficient (Wildman–Crippen LogP) is 2.88. The van der Waals surface area contributed by atoms with Crippen LogP contribution in [0.15, 0.2) is 28.9 Å². The highest BCUT2D eigenvalue weighted by molar-refractivity contribution is 6.42. The average molecular weight is 255 g/mol. The summed E-state index contributed by atoms with van der Waals surface area (Å²) in [5, 5.41) is 3.54. The SMILES string of the molecule is CC1=N/C(=C/c2ccc(Cl)c(Cl)c2)C(=O)N1. The van der Waals surface area contributed by atoms with Crippen LogP contribution in [0.4, 0.5) is 0 Å². The largest absolute Gasteiger partial charge is 0.309 e. The number of carbonyl (C=O) groups is 1. The average Bonchev–Trinajstić information content (AvgIpc) is 2.51. The number of amidine groups is 1. The van der Waals surface area contributed by atoms with Crippen LogP contribution in [0.2, 0.25) is 10.0 Å². The molecular formula is C11H8Cl2N2O. The van der Waals surface area contributed by atoms with Crippen LogP contribution in [-0.4, -0.2) is 11.7 Å². The summed E-state index contributed by atoms with van der Waals surface area (Å²) in [4.78, 5) is 15.4. The van der Waals surface area contributed by atoms with E-state index in [-0.39, 0.29) is 5.91 Å². The van der Waals surface area contributed by atoms with Crippen molar-refractivity contribution in [2.75, 3.05) is 0 Å². The smallest absolute Gasteiger partial charge is 0.275 e. The number of halogens is 2. The molecule has 0 spiro atoms. The molecule has 2 rings (SSSR count). The summed E-state index contributed by atoms with van der Waals surface area (Å²) in [6.45, 7) is 1.73. The van der Waals surface area contributed by atoms with Gasteiger partial charge >= 0.3 is 0 Å². The highest BCUT2D eigenvalue weighted by atomic mass is 35.5. The van der Waals surface area contributed by atoms with Crippen molar-refractivity contribution in [3.05, 3.63) is 39.5 Å². The molecule has 82 valence electrons. The van der Waals surface area contributed by atoms with Crippen LogP contribution in [-0.2, 0) is 4.79 Å². The first kappa shape index (κ1) is 11.2.